The van der Waals surface area contributed by atoms with E-state index in [2.05, 4.69) is 20.4 Å². The van der Waals surface area contributed by atoms with E-state index in [0.717, 1.165) is 31.0 Å². The number of aryl methyl sites for hydroxylation is 1. The zero-order chi connectivity index (χ0) is 16.3. The van der Waals surface area contributed by atoms with Gasteiger partial charge in [0.05, 0.1) is 16.6 Å². The fourth-order valence-corrected chi connectivity index (χ4v) is 3.86. The molecule has 7 heteroatoms. The maximum atomic E-state index is 12.5. The first-order valence-electron chi connectivity index (χ1n) is 7.42. The van der Waals surface area contributed by atoms with Crippen LogP contribution in [0.3, 0.4) is 0 Å². The highest BCUT2D eigenvalue weighted by Gasteiger charge is 2.15. The smallest absolute Gasteiger partial charge is 0.261 e. The van der Waals surface area contributed by atoms with Gasteiger partial charge in [-0.2, -0.15) is 8.75 Å². The molecule has 0 spiro atoms. The first kappa shape index (κ1) is 15.9. The molecule has 0 aliphatic carbocycles. The summed E-state index contributed by atoms with van der Waals surface area (Å²) in [5, 5.41) is 0. The van der Waals surface area contributed by atoms with Crippen molar-refractivity contribution in [1.82, 2.24) is 8.75 Å². The van der Waals surface area contributed by atoms with Crippen LogP contribution in [0.25, 0.3) is 11.0 Å². The summed E-state index contributed by atoms with van der Waals surface area (Å²) in [7, 11) is -3.63. The summed E-state index contributed by atoms with van der Waals surface area (Å²) < 4.78 is 35.7. The van der Waals surface area contributed by atoms with Crippen LogP contribution in [0.5, 0.6) is 0 Å². The third-order valence-corrected chi connectivity index (χ3v) is 5.50. The molecule has 3 aromatic rings. The van der Waals surface area contributed by atoms with Crippen molar-refractivity contribution in [2.75, 3.05) is 4.72 Å². The second kappa shape index (κ2) is 6.64. The van der Waals surface area contributed by atoms with E-state index >= 15 is 0 Å². The molecular weight excluding hydrogens is 330 g/mol. The van der Waals surface area contributed by atoms with E-state index in [9.17, 15) is 8.42 Å². The Morgan fingerprint density at radius 3 is 2.52 bits per heavy atom. The molecule has 0 aliphatic rings. The number of hydrogen-bond acceptors (Lipinski definition) is 5. The quantitative estimate of drug-likeness (QED) is 0.735. The predicted octanol–water partition coefficient (Wildman–Crippen LogP) is 3.83. The number of nitrogens with zero attached hydrogens (tertiary/aromatic N) is 2. The van der Waals surface area contributed by atoms with E-state index in [0.29, 0.717) is 16.7 Å². The van der Waals surface area contributed by atoms with E-state index in [1.807, 2.05) is 12.1 Å². The molecule has 0 atom stereocenters. The Kier molecular flexibility index (Phi) is 4.58. The Morgan fingerprint density at radius 1 is 1.04 bits per heavy atom. The molecular formula is C16H17N3O2S2. The van der Waals surface area contributed by atoms with Gasteiger partial charge in [-0.15, -0.1) is 0 Å². The highest BCUT2D eigenvalue weighted by molar-refractivity contribution is 7.92. The van der Waals surface area contributed by atoms with Crippen molar-refractivity contribution in [2.24, 2.45) is 0 Å². The summed E-state index contributed by atoms with van der Waals surface area (Å²) in [6.45, 7) is 2.15. The van der Waals surface area contributed by atoms with Gasteiger partial charge in [0, 0.05) is 5.69 Å². The molecule has 0 aliphatic heterocycles. The maximum absolute atomic E-state index is 12.5. The summed E-state index contributed by atoms with van der Waals surface area (Å²) in [5.41, 5.74) is 3.06. The Balaban J connectivity index is 1.79. The van der Waals surface area contributed by atoms with Gasteiger partial charge in [0.15, 0.2) is 0 Å². The van der Waals surface area contributed by atoms with Gasteiger partial charge >= 0.3 is 0 Å². The zero-order valence-electron chi connectivity index (χ0n) is 12.7. The standard InChI is InChI=1S/C16H17N3O2S2/c1-2-3-4-12-5-7-13(8-6-12)19-23(20,21)14-9-10-15-16(11-14)18-22-17-15/h5-11,19H,2-4H2,1H3. The molecule has 1 N–H and O–H groups in total. The van der Waals surface area contributed by atoms with Gasteiger partial charge in [-0.3, -0.25) is 4.72 Å². The summed E-state index contributed by atoms with van der Waals surface area (Å²) in [4.78, 5) is 0.188. The minimum absolute atomic E-state index is 0.188. The van der Waals surface area contributed by atoms with Crippen molar-refractivity contribution in [1.29, 1.82) is 0 Å². The number of hydrogen-bond donors (Lipinski definition) is 1. The lowest BCUT2D eigenvalue weighted by Gasteiger charge is -2.09. The van der Waals surface area contributed by atoms with Gasteiger partial charge in [0.2, 0.25) is 0 Å². The molecule has 0 unspecified atom stereocenters. The molecule has 0 saturated heterocycles. The van der Waals surface area contributed by atoms with E-state index < -0.39 is 10.0 Å². The number of sulfonamides is 1. The van der Waals surface area contributed by atoms with Crippen LogP contribution in [0.4, 0.5) is 5.69 Å². The number of fused-ring (bicyclic) bond motifs is 1. The van der Waals surface area contributed by atoms with Crippen molar-refractivity contribution in [3.05, 3.63) is 48.0 Å². The molecule has 3 rings (SSSR count). The number of nitrogens with one attached hydrogen (secondary N) is 1. The molecule has 0 radical (unpaired) electrons. The van der Waals surface area contributed by atoms with Crippen molar-refractivity contribution in [3.63, 3.8) is 0 Å². The number of anilines is 1. The second-order valence-electron chi connectivity index (χ2n) is 5.32. The van der Waals surface area contributed by atoms with Crippen LogP contribution in [-0.2, 0) is 16.4 Å². The topological polar surface area (TPSA) is 72.0 Å². The van der Waals surface area contributed by atoms with Gasteiger partial charge in [0.25, 0.3) is 10.0 Å². The van der Waals surface area contributed by atoms with Gasteiger partial charge in [-0.25, -0.2) is 8.42 Å². The van der Waals surface area contributed by atoms with Crippen LogP contribution in [0.15, 0.2) is 47.4 Å². The van der Waals surface area contributed by atoms with E-state index in [4.69, 9.17) is 0 Å². The zero-order valence-corrected chi connectivity index (χ0v) is 14.3. The molecule has 0 saturated carbocycles. The van der Waals surface area contributed by atoms with Gasteiger partial charge in [0.1, 0.15) is 11.0 Å². The van der Waals surface area contributed by atoms with Crippen LogP contribution in [-0.4, -0.2) is 17.2 Å². The minimum atomic E-state index is -3.63. The summed E-state index contributed by atoms with van der Waals surface area (Å²) in [6.07, 6.45) is 3.28. The summed E-state index contributed by atoms with van der Waals surface area (Å²) >= 11 is 1.07. The van der Waals surface area contributed by atoms with Crippen molar-refractivity contribution < 1.29 is 8.42 Å². The Bertz CT molecular complexity index is 902. The Morgan fingerprint density at radius 2 is 1.78 bits per heavy atom. The first-order chi connectivity index (χ1) is 11.1. The summed E-state index contributed by atoms with van der Waals surface area (Å²) in [5.74, 6) is 0. The van der Waals surface area contributed by atoms with Gasteiger partial charge < -0.3 is 0 Å². The number of aromatic nitrogens is 2. The first-order valence-corrected chi connectivity index (χ1v) is 9.64. The molecule has 0 fully saturated rings. The highest BCUT2D eigenvalue weighted by Crippen LogP contribution is 2.21. The fraction of sp³-hybridized carbons (Fsp3) is 0.250. The third-order valence-electron chi connectivity index (χ3n) is 3.56. The molecule has 120 valence electrons. The molecule has 23 heavy (non-hydrogen) atoms. The molecule has 0 bridgehead atoms. The lowest BCUT2D eigenvalue weighted by molar-refractivity contribution is 0.601. The Labute approximate surface area is 139 Å². The average Bonchev–Trinajstić information content (AvgIpc) is 3.01. The van der Waals surface area contributed by atoms with Crippen LogP contribution in [0.2, 0.25) is 0 Å². The normalized spacial score (nSPS) is 11.7. The molecule has 1 heterocycles. The number of unbranched alkanes of at least 4 members (excludes halogenated alkanes) is 1. The van der Waals surface area contributed by atoms with Crippen LogP contribution < -0.4 is 4.72 Å². The largest absolute Gasteiger partial charge is 0.280 e. The van der Waals surface area contributed by atoms with E-state index in [1.165, 1.54) is 11.6 Å². The lowest BCUT2D eigenvalue weighted by atomic mass is 10.1. The van der Waals surface area contributed by atoms with Crippen molar-refractivity contribution in [3.8, 4) is 0 Å². The molecule has 0 amide bonds. The molecule has 5 nitrogen and oxygen atoms in total. The van der Waals surface area contributed by atoms with Crippen molar-refractivity contribution >= 4 is 38.5 Å². The third kappa shape index (κ3) is 3.68. The lowest BCUT2D eigenvalue weighted by Crippen LogP contribution is -2.12. The number of rotatable bonds is 6. The van der Waals surface area contributed by atoms with Gasteiger partial charge in [-0.05, 0) is 48.7 Å². The molecule has 2 aromatic carbocycles. The van der Waals surface area contributed by atoms with Crippen LogP contribution >= 0.6 is 11.7 Å². The van der Waals surface area contributed by atoms with E-state index in [1.54, 1.807) is 24.3 Å². The van der Waals surface area contributed by atoms with Gasteiger partial charge in [-0.1, -0.05) is 25.5 Å². The molecule has 1 aromatic heterocycles. The highest BCUT2D eigenvalue weighted by atomic mass is 32.2. The monoisotopic (exact) mass is 347 g/mol. The average molecular weight is 347 g/mol. The maximum Gasteiger partial charge on any atom is 0.261 e. The van der Waals surface area contributed by atoms with Crippen LogP contribution in [0.1, 0.15) is 25.3 Å². The van der Waals surface area contributed by atoms with E-state index in [-0.39, 0.29) is 4.90 Å². The predicted molar refractivity (Wildman–Crippen MR) is 93.3 cm³/mol. The van der Waals surface area contributed by atoms with Crippen LogP contribution in [0, 0.1) is 0 Å². The second-order valence-corrected chi connectivity index (χ2v) is 7.53. The fourth-order valence-electron chi connectivity index (χ4n) is 2.26. The Hall–Kier alpha value is -1.99. The number of benzene rings is 2. The van der Waals surface area contributed by atoms with Crippen molar-refractivity contribution in [2.45, 2.75) is 31.1 Å². The minimum Gasteiger partial charge on any atom is -0.280 e. The summed E-state index contributed by atoms with van der Waals surface area (Å²) in [6, 6.07) is 12.3. The SMILES string of the molecule is CCCCc1ccc(NS(=O)(=O)c2ccc3nsnc3c2)cc1.